The molecule has 0 fully saturated rings. The molecule has 0 aliphatic carbocycles. The fraction of sp³-hybridized carbons (Fsp3) is 0.786. The van der Waals surface area contributed by atoms with Crippen molar-refractivity contribution in [3.8, 4) is 0 Å². The van der Waals surface area contributed by atoms with E-state index in [-0.39, 0.29) is 37.9 Å². The van der Waals surface area contributed by atoms with E-state index in [9.17, 15) is 14.4 Å². The number of carboxylic acids is 2. The summed E-state index contributed by atoms with van der Waals surface area (Å²) in [4.78, 5) is 32.8. The van der Waals surface area contributed by atoms with Crippen LogP contribution in [0.1, 0.15) is 58.8 Å². The smallest absolute Gasteiger partial charge is 0.303 e. The van der Waals surface area contributed by atoms with E-state index in [4.69, 9.17) is 14.9 Å². The van der Waals surface area contributed by atoms with Gasteiger partial charge in [0.25, 0.3) is 0 Å². The zero-order valence-electron chi connectivity index (χ0n) is 12.2. The van der Waals surface area contributed by atoms with Gasteiger partial charge < -0.3 is 14.9 Å². The van der Waals surface area contributed by atoms with Gasteiger partial charge in [0.2, 0.25) is 0 Å². The number of ether oxygens (including phenoxy) is 1. The number of ketones is 1. The summed E-state index contributed by atoms with van der Waals surface area (Å²) in [6, 6.07) is 0. The van der Waals surface area contributed by atoms with Crippen LogP contribution < -0.4 is 0 Å². The van der Waals surface area contributed by atoms with Crippen LogP contribution in [0.2, 0.25) is 0 Å². The Bertz CT molecular complexity index is 339. The van der Waals surface area contributed by atoms with Crippen molar-refractivity contribution in [2.75, 3.05) is 6.61 Å². The number of carbonyl (C=O) groups excluding carboxylic acids is 1. The summed E-state index contributed by atoms with van der Waals surface area (Å²) in [5, 5.41) is 17.3. The molecule has 6 nitrogen and oxygen atoms in total. The Morgan fingerprint density at radius 1 is 1.05 bits per heavy atom. The molecule has 20 heavy (non-hydrogen) atoms. The minimum atomic E-state index is -1.02. The molecule has 0 aliphatic rings. The maximum Gasteiger partial charge on any atom is 0.303 e. The van der Waals surface area contributed by atoms with Crippen molar-refractivity contribution in [2.45, 2.75) is 64.4 Å². The SMILES string of the molecule is CCCCOC(C)(CCC(=O)O)CC(=O)CCC(=O)O. The Labute approximate surface area is 119 Å². The second-order valence-electron chi connectivity index (χ2n) is 5.15. The van der Waals surface area contributed by atoms with Gasteiger partial charge >= 0.3 is 11.9 Å². The van der Waals surface area contributed by atoms with Crippen molar-refractivity contribution in [3.05, 3.63) is 0 Å². The maximum atomic E-state index is 11.7. The summed E-state index contributed by atoms with van der Waals surface area (Å²) in [5.74, 6) is -2.16. The normalized spacial score (nSPS) is 13.7. The van der Waals surface area contributed by atoms with E-state index in [0.29, 0.717) is 6.61 Å². The molecular formula is C14H24O6. The van der Waals surface area contributed by atoms with Gasteiger partial charge in [0, 0.05) is 25.9 Å². The van der Waals surface area contributed by atoms with Crippen LogP contribution in [0, 0.1) is 0 Å². The van der Waals surface area contributed by atoms with Gasteiger partial charge in [-0.2, -0.15) is 0 Å². The van der Waals surface area contributed by atoms with Crippen LogP contribution >= 0.6 is 0 Å². The van der Waals surface area contributed by atoms with Crippen LogP contribution in [0.5, 0.6) is 0 Å². The predicted octanol–water partition coefficient (Wildman–Crippen LogP) is 2.25. The lowest BCUT2D eigenvalue weighted by molar-refractivity contribution is -0.141. The van der Waals surface area contributed by atoms with Crippen molar-refractivity contribution in [3.63, 3.8) is 0 Å². The van der Waals surface area contributed by atoms with E-state index in [1.807, 2.05) is 6.92 Å². The van der Waals surface area contributed by atoms with Gasteiger partial charge in [-0.1, -0.05) is 13.3 Å². The summed E-state index contributed by atoms with van der Waals surface area (Å²) < 4.78 is 5.67. The molecule has 116 valence electrons. The molecule has 0 spiro atoms. The van der Waals surface area contributed by atoms with Crippen LogP contribution in [-0.2, 0) is 19.1 Å². The van der Waals surface area contributed by atoms with Crippen molar-refractivity contribution < 1.29 is 29.3 Å². The number of carbonyl (C=O) groups is 3. The van der Waals surface area contributed by atoms with Crippen LogP contribution in [-0.4, -0.2) is 40.1 Å². The topological polar surface area (TPSA) is 101 Å². The largest absolute Gasteiger partial charge is 0.481 e. The zero-order chi connectivity index (χ0) is 15.6. The Hall–Kier alpha value is -1.43. The van der Waals surface area contributed by atoms with Gasteiger partial charge in [-0.15, -0.1) is 0 Å². The lowest BCUT2D eigenvalue weighted by Gasteiger charge is -2.29. The number of Topliss-reactive ketones (excluding diaryl/α,β-unsaturated/α-hetero) is 1. The molecule has 1 unspecified atom stereocenters. The number of rotatable bonds is 12. The van der Waals surface area contributed by atoms with Crippen molar-refractivity contribution in [1.29, 1.82) is 0 Å². The average molecular weight is 288 g/mol. The van der Waals surface area contributed by atoms with Crippen molar-refractivity contribution >= 4 is 17.7 Å². The van der Waals surface area contributed by atoms with Crippen molar-refractivity contribution in [1.82, 2.24) is 0 Å². The lowest BCUT2D eigenvalue weighted by atomic mass is 9.92. The summed E-state index contributed by atoms with van der Waals surface area (Å²) in [6.07, 6.45) is 1.75. The molecule has 0 heterocycles. The van der Waals surface area contributed by atoms with E-state index in [0.717, 1.165) is 12.8 Å². The maximum absolute atomic E-state index is 11.7. The highest BCUT2D eigenvalue weighted by molar-refractivity contribution is 5.83. The van der Waals surface area contributed by atoms with Gasteiger partial charge in [-0.3, -0.25) is 14.4 Å². The Balaban J connectivity index is 4.44. The quantitative estimate of drug-likeness (QED) is 0.534. The van der Waals surface area contributed by atoms with Crippen LogP contribution in [0.25, 0.3) is 0 Å². The number of aliphatic carboxylic acids is 2. The number of hydrogen-bond acceptors (Lipinski definition) is 4. The van der Waals surface area contributed by atoms with Gasteiger partial charge in [0.1, 0.15) is 5.78 Å². The molecule has 0 aromatic rings. The molecule has 0 rings (SSSR count). The monoisotopic (exact) mass is 288 g/mol. The first-order chi connectivity index (χ1) is 9.29. The van der Waals surface area contributed by atoms with E-state index in [2.05, 4.69) is 0 Å². The standard InChI is InChI=1S/C14H24O6/c1-3-4-9-20-14(2,8-7-13(18)19)10-11(15)5-6-12(16)17/h3-10H2,1-2H3,(H,16,17)(H,18,19). The minimum absolute atomic E-state index is 0.0465. The first-order valence-electron chi connectivity index (χ1n) is 6.88. The van der Waals surface area contributed by atoms with Gasteiger partial charge in [0.15, 0.2) is 0 Å². The summed E-state index contributed by atoms with van der Waals surface area (Å²) in [6.45, 7) is 4.19. The van der Waals surface area contributed by atoms with Gasteiger partial charge in [-0.05, 0) is 19.8 Å². The molecule has 2 N–H and O–H groups in total. The number of unbranched alkanes of at least 4 members (excludes halogenated alkanes) is 1. The van der Waals surface area contributed by atoms with Crippen LogP contribution in [0.15, 0.2) is 0 Å². The third-order valence-corrected chi connectivity index (χ3v) is 3.00. The van der Waals surface area contributed by atoms with Crippen LogP contribution in [0.3, 0.4) is 0 Å². The second-order valence-corrected chi connectivity index (χ2v) is 5.15. The van der Waals surface area contributed by atoms with Crippen LogP contribution in [0.4, 0.5) is 0 Å². The molecule has 0 bridgehead atoms. The predicted molar refractivity (Wildman–Crippen MR) is 72.6 cm³/mol. The van der Waals surface area contributed by atoms with Gasteiger partial charge in [-0.25, -0.2) is 0 Å². The molecular weight excluding hydrogens is 264 g/mol. The first kappa shape index (κ1) is 18.6. The average Bonchev–Trinajstić information content (AvgIpc) is 2.34. The molecule has 0 saturated carbocycles. The highest BCUT2D eigenvalue weighted by atomic mass is 16.5. The third-order valence-electron chi connectivity index (χ3n) is 3.00. The minimum Gasteiger partial charge on any atom is -0.481 e. The van der Waals surface area contributed by atoms with Crippen molar-refractivity contribution in [2.24, 2.45) is 0 Å². The first-order valence-corrected chi connectivity index (χ1v) is 6.88. The molecule has 0 aromatic heterocycles. The lowest BCUT2D eigenvalue weighted by Crippen LogP contribution is -2.33. The third kappa shape index (κ3) is 9.49. The fourth-order valence-electron chi connectivity index (χ4n) is 1.80. The van der Waals surface area contributed by atoms with E-state index < -0.39 is 17.5 Å². The Kier molecular flexibility index (Phi) is 8.79. The highest BCUT2D eigenvalue weighted by Gasteiger charge is 2.29. The molecule has 0 aromatic carbocycles. The summed E-state index contributed by atoms with van der Waals surface area (Å²) in [7, 11) is 0. The summed E-state index contributed by atoms with van der Waals surface area (Å²) in [5.41, 5.74) is -0.830. The fourth-order valence-corrected chi connectivity index (χ4v) is 1.80. The van der Waals surface area contributed by atoms with E-state index in [1.165, 1.54) is 0 Å². The molecule has 0 saturated heterocycles. The number of carboxylic acid groups (broad SMARTS) is 2. The molecule has 0 radical (unpaired) electrons. The molecule has 0 aliphatic heterocycles. The number of hydrogen-bond donors (Lipinski definition) is 2. The van der Waals surface area contributed by atoms with E-state index in [1.54, 1.807) is 6.92 Å². The Morgan fingerprint density at radius 2 is 1.65 bits per heavy atom. The molecule has 0 amide bonds. The molecule has 6 heteroatoms. The Morgan fingerprint density at radius 3 is 2.15 bits per heavy atom. The summed E-state index contributed by atoms with van der Waals surface area (Å²) >= 11 is 0. The highest BCUT2D eigenvalue weighted by Crippen LogP contribution is 2.24. The van der Waals surface area contributed by atoms with Gasteiger partial charge in [0.05, 0.1) is 12.0 Å². The van der Waals surface area contributed by atoms with E-state index >= 15 is 0 Å². The molecule has 1 atom stereocenters. The zero-order valence-corrected chi connectivity index (χ0v) is 12.2. The second kappa shape index (κ2) is 9.47.